The first kappa shape index (κ1) is 14.2. The van der Waals surface area contributed by atoms with Crippen molar-refractivity contribution in [1.29, 1.82) is 0 Å². The minimum Gasteiger partial charge on any atom is -0.358 e. The number of rotatable bonds is 2. The van der Waals surface area contributed by atoms with Gasteiger partial charge in [-0.3, -0.25) is 9.89 Å². The highest BCUT2D eigenvalue weighted by Gasteiger charge is 2.34. The molecular weight excluding hydrogens is 288 g/mol. The number of aromatic nitrogens is 4. The Morgan fingerprint density at radius 2 is 2.09 bits per heavy atom. The second-order valence-corrected chi connectivity index (χ2v) is 6.27. The molecule has 0 spiro atoms. The molecule has 0 atom stereocenters. The highest BCUT2D eigenvalue weighted by Crippen LogP contribution is 2.30. The van der Waals surface area contributed by atoms with Crippen molar-refractivity contribution in [3.63, 3.8) is 0 Å². The minimum absolute atomic E-state index is 0.0206. The second kappa shape index (κ2) is 4.93. The molecule has 9 nitrogen and oxygen atoms in total. The fourth-order valence-corrected chi connectivity index (χ4v) is 2.83. The molecule has 1 aliphatic heterocycles. The zero-order valence-corrected chi connectivity index (χ0v) is 12.3. The summed E-state index contributed by atoms with van der Waals surface area (Å²) in [5.41, 5.74) is 1.76. The molecule has 9 heteroatoms. The SMILES string of the molecule is CC1(C)Cc2[nH]ncc2CN(C(=O)c2cn[nH]c2[N+](=O)[O-])C1. The highest BCUT2D eigenvalue weighted by atomic mass is 16.6. The smallest absolute Gasteiger partial charge is 0.355 e. The summed E-state index contributed by atoms with van der Waals surface area (Å²) >= 11 is 0. The number of H-pyrrole nitrogens is 2. The Labute approximate surface area is 125 Å². The van der Waals surface area contributed by atoms with E-state index in [1.165, 1.54) is 6.20 Å². The number of fused-ring (bicyclic) bond motifs is 1. The molecule has 22 heavy (non-hydrogen) atoms. The number of nitrogens with one attached hydrogen (secondary N) is 2. The van der Waals surface area contributed by atoms with Crippen LogP contribution in [0.4, 0.5) is 5.82 Å². The van der Waals surface area contributed by atoms with Crippen LogP contribution in [0.2, 0.25) is 0 Å². The highest BCUT2D eigenvalue weighted by molar-refractivity contribution is 5.97. The van der Waals surface area contributed by atoms with Gasteiger partial charge in [0, 0.05) is 24.3 Å². The van der Waals surface area contributed by atoms with Gasteiger partial charge >= 0.3 is 5.82 Å². The molecule has 0 aliphatic carbocycles. The molecule has 1 amide bonds. The van der Waals surface area contributed by atoms with E-state index in [2.05, 4.69) is 20.4 Å². The minimum atomic E-state index is -0.632. The average molecular weight is 304 g/mol. The molecule has 2 aromatic rings. The maximum atomic E-state index is 12.7. The van der Waals surface area contributed by atoms with Crippen molar-refractivity contribution in [3.05, 3.63) is 39.3 Å². The van der Waals surface area contributed by atoms with Gasteiger partial charge in [0.1, 0.15) is 0 Å². The van der Waals surface area contributed by atoms with Crippen molar-refractivity contribution in [3.8, 4) is 0 Å². The van der Waals surface area contributed by atoms with Crippen LogP contribution in [0, 0.1) is 15.5 Å². The Morgan fingerprint density at radius 3 is 2.82 bits per heavy atom. The van der Waals surface area contributed by atoms with E-state index in [0.717, 1.165) is 17.7 Å². The monoisotopic (exact) mass is 304 g/mol. The summed E-state index contributed by atoms with van der Waals surface area (Å²) in [7, 11) is 0. The van der Waals surface area contributed by atoms with E-state index < -0.39 is 10.8 Å². The van der Waals surface area contributed by atoms with E-state index in [9.17, 15) is 14.9 Å². The van der Waals surface area contributed by atoms with Crippen LogP contribution < -0.4 is 0 Å². The fraction of sp³-hybridized carbons (Fsp3) is 0.462. The van der Waals surface area contributed by atoms with E-state index >= 15 is 0 Å². The standard InChI is InChI=1S/C13H16N6O3/c1-13(2)3-10-8(4-14-16-10)6-18(7-13)12(20)9-5-15-17-11(9)19(21)22/h4-5H,3,6-7H2,1-2H3,(H,14,16)(H,15,17). The van der Waals surface area contributed by atoms with Gasteiger partial charge in [0.25, 0.3) is 5.91 Å². The number of nitrogens with zero attached hydrogens (tertiary/aromatic N) is 4. The molecule has 0 saturated carbocycles. The van der Waals surface area contributed by atoms with E-state index in [1.807, 2.05) is 13.8 Å². The topological polar surface area (TPSA) is 121 Å². The summed E-state index contributed by atoms with van der Waals surface area (Å²) < 4.78 is 0. The lowest BCUT2D eigenvalue weighted by Crippen LogP contribution is -2.37. The predicted molar refractivity (Wildman–Crippen MR) is 76.1 cm³/mol. The zero-order valence-electron chi connectivity index (χ0n) is 12.3. The second-order valence-electron chi connectivity index (χ2n) is 6.27. The van der Waals surface area contributed by atoms with Gasteiger partial charge in [0.2, 0.25) is 0 Å². The third kappa shape index (κ3) is 2.45. The van der Waals surface area contributed by atoms with Gasteiger partial charge in [-0.05, 0) is 16.8 Å². The van der Waals surface area contributed by atoms with Gasteiger partial charge < -0.3 is 15.0 Å². The van der Waals surface area contributed by atoms with Crippen LogP contribution in [0.1, 0.15) is 35.5 Å². The summed E-state index contributed by atoms with van der Waals surface area (Å²) in [4.78, 5) is 24.6. The summed E-state index contributed by atoms with van der Waals surface area (Å²) in [6.07, 6.45) is 3.66. The Bertz CT molecular complexity index is 732. The Morgan fingerprint density at radius 1 is 1.36 bits per heavy atom. The Kier molecular flexibility index (Phi) is 3.19. The number of carbonyl (C=O) groups is 1. The quantitative estimate of drug-likeness (QED) is 0.639. The van der Waals surface area contributed by atoms with Crippen LogP contribution in [-0.2, 0) is 13.0 Å². The summed E-state index contributed by atoms with van der Waals surface area (Å²) in [5.74, 6) is -0.776. The fourth-order valence-electron chi connectivity index (χ4n) is 2.83. The van der Waals surface area contributed by atoms with Crippen LogP contribution in [0.3, 0.4) is 0 Å². The number of amides is 1. The van der Waals surface area contributed by atoms with Crippen molar-refractivity contribution >= 4 is 11.7 Å². The lowest BCUT2D eigenvalue weighted by atomic mass is 9.87. The first-order chi connectivity index (χ1) is 10.4. The lowest BCUT2D eigenvalue weighted by molar-refractivity contribution is -0.389. The molecule has 3 rings (SSSR count). The maximum absolute atomic E-state index is 12.7. The summed E-state index contributed by atoms with van der Waals surface area (Å²) in [6.45, 7) is 4.97. The molecule has 0 aromatic carbocycles. The van der Waals surface area contributed by atoms with Gasteiger partial charge in [-0.1, -0.05) is 18.9 Å². The van der Waals surface area contributed by atoms with Gasteiger partial charge in [-0.15, -0.1) is 5.10 Å². The van der Waals surface area contributed by atoms with Crippen molar-refractivity contribution in [1.82, 2.24) is 25.3 Å². The summed E-state index contributed by atoms with van der Waals surface area (Å²) in [6, 6.07) is 0. The normalized spacial score (nSPS) is 16.9. The first-order valence-corrected chi connectivity index (χ1v) is 6.85. The average Bonchev–Trinajstić information content (AvgIpc) is 3.04. The molecule has 0 radical (unpaired) electrons. The van der Waals surface area contributed by atoms with Gasteiger partial charge in [-0.25, -0.2) is 0 Å². The van der Waals surface area contributed by atoms with E-state index in [-0.39, 0.29) is 16.8 Å². The van der Waals surface area contributed by atoms with Crippen LogP contribution in [0.25, 0.3) is 0 Å². The third-order valence-electron chi connectivity index (χ3n) is 3.76. The predicted octanol–water partition coefficient (Wildman–Crippen LogP) is 1.27. The number of carbonyl (C=O) groups excluding carboxylic acids is 1. The Balaban J connectivity index is 1.95. The molecule has 116 valence electrons. The van der Waals surface area contributed by atoms with Crippen LogP contribution in [-0.4, -0.2) is 42.7 Å². The molecule has 0 unspecified atom stereocenters. The molecule has 2 N–H and O–H groups in total. The molecule has 2 aromatic heterocycles. The van der Waals surface area contributed by atoms with Crippen LogP contribution in [0.5, 0.6) is 0 Å². The van der Waals surface area contributed by atoms with Crippen LogP contribution >= 0.6 is 0 Å². The number of hydrogen-bond acceptors (Lipinski definition) is 5. The van der Waals surface area contributed by atoms with Crippen molar-refractivity contribution in [2.75, 3.05) is 6.54 Å². The largest absolute Gasteiger partial charge is 0.358 e. The van der Waals surface area contributed by atoms with Gasteiger partial charge in [0.15, 0.2) is 5.56 Å². The third-order valence-corrected chi connectivity index (χ3v) is 3.76. The zero-order chi connectivity index (χ0) is 15.9. The molecule has 0 bridgehead atoms. The van der Waals surface area contributed by atoms with Crippen molar-refractivity contribution in [2.45, 2.75) is 26.8 Å². The molecule has 3 heterocycles. The van der Waals surface area contributed by atoms with E-state index in [0.29, 0.717) is 13.1 Å². The summed E-state index contributed by atoms with van der Waals surface area (Å²) in [5, 5.41) is 23.8. The number of hydrogen-bond donors (Lipinski definition) is 2. The first-order valence-electron chi connectivity index (χ1n) is 6.85. The maximum Gasteiger partial charge on any atom is 0.355 e. The molecular formula is C13H16N6O3. The van der Waals surface area contributed by atoms with E-state index in [1.54, 1.807) is 11.1 Å². The van der Waals surface area contributed by atoms with Gasteiger partial charge in [-0.2, -0.15) is 5.10 Å². The van der Waals surface area contributed by atoms with Crippen molar-refractivity contribution < 1.29 is 9.72 Å². The van der Waals surface area contributed by atoms with Crippen molar-refractivity contribution in [2.24, 2.45) is 5.41 Å². The lowest BCUT2D eigenvalue weighted by Gasteiger charge is -2.29. The number of nitro groups is 1. The molecule has 0 saturated heterocycles. The van der Waals surface area contributed by atoms with E-state index in [4.69, 9.17) is 0 Å². The number of aromatic amines is 2. The Hall–Kier alpha value is -2.71. The molecule has 0 fully saturated rings. The van der Waals surface area contributed by atoms with Gasteiger partial charge in [0.05, 0.1) is 12.4 Å². The molecule has 1 aliphatic rings. The van der Waals surface area contributed by atoms with Crippen LogP contribution in [0.15, 0.2) is 12.4 Å².